The Bertz CT molecular complexity index is 197. The van der Waals surface area contributed by atoms with Gasteiger partial charge >= 0.3 is 0 Å². The molecule has 128 valence electrons. The highest BCUT2D eigenvalue weighted by Gasteiger charge is 2.04. The van der Waals surface area contributed by atoms with Crippen LogP contribution in [0.25, 0.3) is 0 Å². The summed E-state index contributed by atoms with van der Waals surface area (Å²) in [5, 5.41) is 0. The second-order valence-corrected chi connectivity index (χ2v) is 7.29. The summed E-state index contributed by atoms with van der Waals surface area (Å²) >= 11 is 0. The zero-order valence-electron chi connectivity index (χ0n) is 15.5. The third-order valence-electron chi connectivity index (χ3n) is 4.11. The minimum atomic E-state index is 0.821. The van der Waals surface area contributed by atoms with Crippen LogP contribution in [0.1, 0.15) is 52.4 Å². The van der Waals surface area contributed by atoms with Crippen molar-refractivity contribution in [2.24, 2.45) is 11.8 Å². The Kier molecular flexibility index (Phi) is 13.5. The lowest BCUT2D eigenvalue weighted by Crippen LogP contribution is -2.16. The molecule has 0 fully saturated rings. The Morgan fingerprint density at radius 1 is 0.667 bits per heavy atom. The van der Waals surface area contributed by atoms with E-state index in [0.717, 1.165) is 25.0 Å². The fourth-order valence-corrected chi connectivity index (χ4v) is 2.42. The second kappa shape index (κ2) is 13.5. The number of nitrogens with zero attached hydrogens (tertiary/aromatic N) is 2. The molecule has 2 unspecified atom stereocenters. The molecule has 0 aromatic carbocycles. The summed E-state index contributed by atoms with van der Waals surface area (Å²) < 4.78 is 5.76. The summed E-state index contributed by atoms with van der Waals surface area (Å²) in [6.07, 6.45) is 7.63. The average Bonchev–Trinajstić information content (AvgIpc) is 2.41. The fourth-order valence-electron chi connectivity index (χ4n) is 2.42. The maximum Gasteiger partial charge on any atom is 0.0466 e. The lowest BCUT2D eigenvalue weighted by Gasteiger charge is -2.16. The minimum Gasteiger partial charge on any atom is -0.381 e. The van der Waals surface area contributed by atoms with Gasteiger partial charge in [-0.2, -0.15) is 0 Å². The lowest BCUT2D eigenvalue weighted by atomic mass is 10.0. The van der Waals surface area contributed by atoms with Crippen molar-refractivity contribution < 1.29 is 4.74 Å². The number of hydrogen-bond acceptors (Lipinski definition) is 3. The van der Waals surface area contributed by atoms with Gasteiger partial charge in [0.15, 0.2) is 0 Å². The molecule has 0 radical (unpaired) electrons. The Balaban J connectivity index is 3.28. The van der Waals surface area contributed by atoms with Crippen LogP contribution < -0.4 is 0 Å². The average molecular weight is 301 g/mol. The molecular weight excluding hydrogens is 260 g/mol. The van der Waals surface area contributed by atoms with Gasteiger partial charge in [-0.1, -0.05) is 13.8 Å². The quantitative estimate of drug-likeness (QED) is 0.455. The van der Waals surface area contributed by atoms with E-state index in [1.54, 1.807) is 0 Å². The Morgan fingerprint density at radius 2 is 1.05 bits per heavy atom. The van der Waals surface area contributed by atoms with Gasteiger partial charge in [-0.3, -0.25) is 0 Å². The first-order valence-electron chi connectivity index (χ1n) is 8.79. The summed E-state index contributed by atoms with van der Waals surface area (Å²) in [7, 11) is 8.59. The zero-order chi connectivity index (χ0) is 16.1. The predicted octanol–water partition coefficient (Wildman–Crippen LogP) is 3.74. The van der Waals surface area contributed by atoms with Crippen molar-refractivity contribution in [1.29, 1.82) is 0 Å². The van der Waals surface area contributed by atoms with E-state index in [-0.39, 0.29) is 0 Å². The van der Waals surface area contributed by atoms with Gasteiger partial charge in [0.1, 0.15) is 0 Å². The number of ether oxygens (including phenoxy) is 1. The highest BCUT2D eigenvalue weighted by Crippen LogP contribution is 2.12. The van der Waals surface area contributed by atoms with Crippen LogP contribution in [-0.2, 0) is 4.74 Å². The third-order valence-corrected chi connectivity index (χ3v) is 4.11. The molecule has 0 aromatic heterocycles. The van der Waals surface area contributed by atoms with Crippen molar-refractivity contribution in [1.82, 2.24) is 9.80 Å². The Hall–Kier alpha value is -0.120. The molecule has 0 rings (SSSR count). The summed E-state index contributed by atoms with van der Waals surface area (Å²) in [6.45, 7) is 9.00. The molecule has 0 aliphatic rings. The Labute approximate surface area is 134 Å². The molecule has 0 aromatic rings. The van der Waals surface area contributed by atoms with Crippen LogP contribution in [-0.4, -0.2) is 64.3 Å². The van der Waals surface area contributed by atoms with Crippen LogP contribution in [0.5, 0.6) is 0 Å². The molecule has 3 heteroatoms. The first kappa shape index (κ1) is 20.9. The maximum absolute atomic E-state index is 5.76. The maximum atomic E-state index is 5.76. The molecule has 0 aliphatic carbocycles. The van der Waals surface area contributed by atoms with E-state index in [1.807, 2.05) is 0 Å². The van der Waals surface area contributed by atoms with E-state index in [9.17, 15) is 0 Å². The monoisotopic (exact) mass is 300 g/mol. The van der Waals surface area contributed by atoms with Gasteiger partial charge in [0.25, 0.3) is 0 Å². The normalized spacial score (nSPS) is 14.9. The molecular formula is C18H40N2O. The smallest absolute Gasteiger partial charge is 0.0466 e. The first-order valence-corrected chi connectivity index (χ1v) is 8.79. The van der Waals surface area contributed by atoms with E-state index in [4.69, 9.17) is 4.74 Å². The summed E-state index contributed by atoms with van der Waals surface area (Å²) in [5.41, 5.74) is 0. The van der Waals surface area contributed by atoms with Crippen LogP contribution in [0.2, 0.25) is 0 Å². The van der Waals surface area contributed by atoms with Crippen molar-refractivity contribution in [3.05, 3.63) is 0 Å². The van der Waals surface area contributed by atoms with E-state index in [1.165, 1.54) is 51.6 Å². The number of rotatable bonds is 14. The summed E-state index contributed by atoms with van der Waals surface area (Å²) in [4.78, 5) is 4.54. The standard InChI is InChI=1S/C18H40N2O/c1-17(11-13-19(3)4)9-7-15-21-16-8-10-18(2)12-14-20(5)6/h17-18H,7-16H2,1-6H3. The van der Waals surface area contributed by atoms with Crippen molar-refractivity contribution in [3.63, 3.8) is 0 Å². The molecule has 0 amide bonds. The molecule has 0 saturated heterocycles. The highest BCUT2D eigenvalue weighted by molar-refractivity contribution is 4.57. The van der Waals surface area contributed by atoms with Crippen molar-refractivity contribution >= 4 is 0 Å². The largest absolute Gasteiger partial charge is 0.381 e. The van der Waals surface area contributed by atoms with E-state index >= 15 is 0 Å². The SMILES string of the molecule is CC(CCCOCCCC(C)CCN(C)C)CCN(C)C. The van der Waals surface area contributed by atoms with Gasteiger partial charge in [0.05, 0.1) is 0 Å². The molecule has 2 atom stereocenters. The second-order valence-electron chi connectivity index (χ2n) is 7.29. The van der Waals surface area contributed by atoms with Crippen molar-refractivity contribution in [2.45, 2.75) is 52.4 Å². The highest BCUT2D eigenvalue weighted by atomic mass is 16.5. The number of hydrogen-bond donors (Lipinski definition) is 0. The zero-order valence-corrected chi connectivity index (χ0v) is 15.5. The van der Waals surface area contributed by atoms with Gasteiger partial charge in [0, 0.05) is 13.2 Å². The third kappa shape index (κ3) is 16.1. The van der Waals surface area contributed by atoms with Crippen LogP contribution in [0.15, 0.2) is 0 Å². The van der Waals surface area contributed by atoms with Gasteiger partial charge in [0.2, 0.25) is 0 Å². The molecule has 3 nitrogen and oxygen atoms in total. The predicted molar refractivity (Wildman–Crippen MR) is 94.0 cm³/mol. The topological polar surface area (TPSA) is 15.7 Å². The summed E-state index contributed by atoms with van der Waals surface area (Å²) in [6, 6.07) is 0. The molecule has 0 spiro atoms. The lowest BCUT2D eigenvalue weighted by molar-refractivity contribution is 0.119. The van der Waals surface area contributed by atoms with Crippen LogP contribution >= 0.6 is 0 Å². The van der Waals surface area contributed by atoms with Crippen LogP contribution in [0, 0.1) is 11.8 Å². The molecule has 0 saturated carbocycles. The molecule has 21 heavy (non-hydrogen) atoms. The van der Waals surface area contributed by atoms with Gasteiger partial charge in [-0.05, 0) is 91.6 Å². The van der Waals surface area contributed by atoms with E-state index in [0.29, 0.717) is 0 Å². The van der Waals surface area contributed by atoms with Crippen molar-refractivity contribution in [3.8, 4) is 0 Å². The van der Waals surface area contributed by atoms with Gasteiger partial charge in [-0.15, -0.1) is 0 Å². The van der Waals surface area contributed by atoms with E-state index < -0.39 is 0 Å². The fraction of sp³-hybridized carbons (Fsp3) is 1.00. The first-order chi connectivity index (χ1) is 9.91. The van der Waals surface area contributed by atoms with E-state index in [2.05, 4.69) is 51.8 Å². The molecule has 0 bridgehead atoms. The molecule has 0 heterocycles. The van der Waals surface area contributed by atoms with Crippen LogP contribution in [0.4, 0.5) is 0 Å². The molecule has 0 aliphatic heterocycles. The van der Waals surface area contributed by atoms with Gasteiger partial charge in [-0.25, -0.2) is 0 Å². The van der Waals surface area contributed by atoms with Crippen molar-refractivity contribution in [2.75, 3.05) is 54.5 Å². The molecule has 0 N–H and O–H groups in total. The van der Waals surface area contributed by atoms with Crippen LogP contribution in [0.3, 0.4) is 0 Å². The Morgan fingerprint density at radius 3 is 1.38 bits per heavy atom. The summed E-state index contributed by atoms with van der Waals surface area (Å²) in [5.74, 6) is 1.64. The minimum absolute atomic E-state index is 0.821. The van der Waals surface area contributed by atoms with Gasteiger partial charge < -0.3 is 14.5 Å².